The van der Waals surface area contributed by atoms with Crippen molar-refractivity contribution in [3.05, 3.63) is 108 Å². The van der Waals surface area contributed by atoms with E-state index >= 15 is 0 Å². The minimum absolute atomic E-state index is 0.0601. The second-order valence-corrected chi connectivity index (χ2v) is 16.1. The lowest BCUT2D eigenvalue weighted by atomic mass is 9.92. The molecule has 0 saturated heterocycles. The van der Waals surface area contributed by atoms with Gasteiger partial charge < -0.3 is 13.9 Å². The number of benzene rings is 3. The van der Waals surface area contributed by atoms with Crippen LogP contribution < -0.4 is 10.4 Å². The second-order valence-electron chi connectivity index (χ2n) is 11.8. The number of rotatable bonds is 13. The Kier molecular flexibility index (Phi) is 10.5. The third-order valence-corrected chi connectivity index (χ3v) is 12.8. The van der Waals surface area contributed by atoms with E-state index in [2.05, 4.69) is 93.6 Å². The molecule has 2 atom stereocenters. The highest BCUT2D eigenvalue weighted by molar-refractivity contribution is 6.99. The van der Waals surface area contributed by atoms with Crippen molar-refractivity contribution in [2.45, 2.75) is 71.1 Å². The fourth-order valence-electron chi connectivity index (χ4n) is 5.63. The van der Waals surface area contributed by atoms with Crippen LogP contribution in [0.25, 0.3) is 0 Å². The van der Waals surface area contributed by atoms with Gasteiger partial charge in [0.05, 0.1) is 12.5 Å². The number of carbonyl (C=O) groups is 1. The summed E-state index contributed by atoms with van der Waals surface area (Å²) >= 11 is 0. The Bertz CT molecular complexity index is 1180. The van der Waals surface area contributed by atoms with Crippen molar-refractivity contribution in [1.29, 1.82) is 0 Å². The number of carbonyl (C=O) groups excluding carboxylic acids is 1. The van der Waals surface area contributed by atoms with Gasteiger partial charge in [-0.3, -0.25) is 4.79 Å². The van der Waals surface area contributed by atoms with Crippen LogP contribution in [0.5, 0.6) is 0 Å². The summed E-state index contributed by atoms with van der Waals surface area (Å²) in [6, 6.07) is 31.6. The Morgan fingerprint density at radius 1 is 0.800 bits per heavy atom. The predicted octanol–water partition coefficient (Wildman–Crippen LogP) is 6.83. The van der Waals surface area contributed by atoms with Crippen LogP contribution in [0, 0.1) is 5.92 Å². The summed E-state index contributed by atoms with van der Waals surface area (Å²) in [4.78, 5) is 12.8. The highest BCUT2D eigenvalue weighted by Crippen LogP contribution is 2.37. The number of hydrogen-bond acceptors (Lipinski definition) is 4. The first kappa shape index (κ1) is 30.0. The third-order valence-electron chi connectivity index (χ3n) is 7.80. The van der Waals surface area contributed by atoms with E-state index in [0.717, 1.165) is 25.0 Å². The van der Waals surface area contributed by atoms with Crippen LogP contribution in [-0.2, 0) is 25.3 Å². The van der Waals surface area contributed by atoms with E-state index in [4.69, 9.17) is 13.9 Å². The first-order valence-corrected chi connectivity index (χ1v) is 16.5. The van der Waals surface area contributed by atoms with E-state index in [1.54, 1.807) is 6.08 Å². The van der Waals surface area contributed by atoms with Gasteiger partial charge in [-0.05, 0) is 40.2 Å². The van der Waals surface area contributed by atoms with Crippen molar-refractivity contribution in [2.75, 3.05) is 13.2 Å². The second kappa shape index (κ2) is 14.1. The van der Waals surface area contributed by atoms with Gasteiger partial charge in [0.1, 0.15) is 11.9 Å². The molecule has 0 radical (unpaired) electrons. The number of ketones is 1. The fourth-order valence-corrected chi connectivity index (χ4v) is 10.2. The molecule has 0 fully saturated rings. The SMILES string of the molecule is C[C@H]1C(=O)C=C(CCCO[Si](c2ccccc2)(c2ccccc2)C(C)(C)C)O[C@@H]1CCCOCc1ccccc1. The first-order valence-electron chi connectivity index (χ1n) is 14.6. The molecule has 40 heavy (non-hydrogen) atoms. The highest BCUT2D eigenvalue weighted by Gasteiger charge is 2.50. The van der Waals surface area contributed by atoms with E-state index in [1.165, 1.54) is 15.9 Å². The summed E-state index contributed by atoms with van der Waals surface area (Å²) in [5, 5.41) is 2.50. The lowest BCUT2D eigenvalue weighted by Gasteiger charge is -2.43. The van der Waals surface area contributed by atoms with E-state index < -0.39 is 8.32 Å². The van der Waals surface area contributed by atoms with Crippen LogP contribution in [0.2, 0.25) is 5.04 Å². The molecule has 1 heterocycles. The molecule has 0 N–H and O–H groups in total. The molecule has 5 heteroatoms. The van der Waals surface area contributed by atoms with Gasteiger partial charge in [-0.25, -0.2) is 0 Å². The fraction of sp³-hybridized carbons (Fsp3) is 0.400. The summed E-state index contributed by atoms with van der Waals surface area (Å²) in [6.07, 6.45) is 4.75. The molecule has 0 aliphatic carbocycles. The molecular formula is C35H44O4Si. The molecular weight excluding hydrogens is 512 g/mol. The normalized spacial score (nSPS) is 17.8. The average Bonchev–Trinajstić information content (AvgIpc) is 2.96. The topological polar surface area (TPSA) is 44.8 Å². The van der Waals surface area contributed by atoms with Gasteiger partial charge in [0.25, 0.3) is 8.32 Å². The molecule has 0 aromatic heterocycles. The lowest BCUT2D eigenvalue weighted by molar-refractivity contribution is -0.124. The zero-order valence-electron chi connectivity index (χ0n) is 24.5. The minimum Gasteiger partial charge on any atom is -0.494 e. The van der Waals surface area contributed by atoms with E-state index in [1.807, 2.05) is 25.1 Å². The maximum Gasteiger partial charge on any atom is 0.261 e. The Morgan fingerprint density at radius 2 is 1.38 bits per heavy atom. The molecule has 0 spiro atoms. The van der Waals surface area contributed by atoms with E-state index in [0.29, 0.717) is 26.2 Å². The summed E-state index contributed by atoms with van der Waals surface area (Å²) in [5.41, 5.74) is 1.17. The van der Waals surface area contributed by atoms with Crippen molar-refractivity contribution in [3.8, 4) is 0 Å². The number of allylic oxidation sites excluding steroid dienone is 2. The van der Waals surface area contributed by atoms with Gasteiger partial charge in [0, 0.05) is 25.7 Å². The summed E-state index contributed by atoms with van der Waals surface area (Å²) < 4.78 is 19.2. The highest BCUT2D eigenvalue weighted by atomic mass is 28.4. The average molecular weight is 557 g/mol. The van der Waals surface area contributed by atoms with Crippen LogP contribution in [0.1, 0.15) is 58.9 Å². The van der Waals surface area contributed by atoms with E-state index in [-0.39, 0.29) is 22.8 Å². The zero-order valence-corrected chi connectivity index (χ0v) is 25.5. The van der Waals surface area contributed by atoms with Gasteiger partial charge >= 0.3 is 0 Å². The molecule has 1 aliphatic heterocycles. The molecule has 3 aromatic rings. The molecule has 4 rings (SSSR count). The van der Waals surface area contributed by atoms with Crippen molar-refractivity contribution < 1.29 is 18.7 Å². The smallest absolute Gasteiger partial charge is 0.261 e. The summed E-state index contributed by atoms with van der Waals surface area (Å²) in [7, 11) is -2.57. The van der Waals surface area contributed by atoms with Crippen LogP contribution in [0.3, 0.4) is 0 Å². The molecule has 3 aromatic carbocycles. The first-order chi connectivity index (χ1) is 19.3. The predicted molar refractivity (Wildman–Crippen MR) is 165 cm³/mol. The molecule has 0 amide bonds. The Morgan fingerprint density at radius 3 is 1.95 bits per heavy atom. The van der Waals surface area contributed by atoms with Crippen molar-refractivity contribution in [2.24, 2.45) is 5.92 Å². The van der Waals surface area contributed by atoms with Crippen LogP contribution in [0.4, 0.5) is 0 Å². The molecule has 1 aliphatic rings. The Balaban J connectivity index is 1.34. The molecule has 212 valence electrons. The third kappa shape index (κ3) is 7.39. The molecule has 0 saturated carbocycles. The largest absolute Gasteiger partial charge is 0.494 e. The Hall–Kier alpha value is -2.99. The molecule has 0 bridgehead atoms. The van der Waals surface area contributed by atoms with Crippen LogP contribution >= 0.6 is 0 Å². The maximum absolute atomic E-state index is 12.8. The lowest BCUT2D eigenvalue weighted by Crippen LogP contribution is -2.66. The van der Waals surface area contributed by atoms with Crippen molar-refractivity contribution >= 4 is 24.5 Å². The summed E-state index contributed by atoms with van der Waals surface area (Å²) in [6.45, 7) is 10.7. The minimum atomic E-state index is -2.57. The van der Waals surface area contributed by atoms with Crippen molar-refractivity contribution in [1.82, 2.24) is 0 Å². The van der Waals surface area contributed by atoms with Gasteiger partial charge in [0.2, 0.25) is 0 Å². The zero-order chi connectivity index (χ0) is 28.4. The number of hydrogen-bond donors (Lipinski definition) is 0. The number of ether oxygens (including phenoxy) is 2. The van der Waals surface area contributed by atoms with Gasteiger partial charge in [-0.2, -0.15) is 0 Å². The van der Waals surface area contributed by atoms with Crippen LogP contribution in [-0.4, -0.2) is 33.4 Å². The van der Waals surface area contributed by atoms with Gasteiger partial charge in [-0.15, -0.1) is 0 Å². The molecule has 0 unspecified atom stereocenters. The van der Waals surface area contributed by atoms with Gasteiger partial charge in [0.15, 0.2) is 5.78 Å². The Labute approximate surface area is 241 Å². The quantitative estimate of drug-likeness (QED) is 0.171. The van der Waals surface area contributed by atoms with E-state index in [9.17, 15) is 4.79 Å². The standard InChI is InChI=1S/C35H44O4Si/c1-28-33(36)26-30(39-34(28)23-15-24-37-27-29-16-8-5-9-17-29)18-14-25-38-40(35(2,3)4,31-19-10-6-11-20-31)32-21-12-7-13-22-32/h5-13,16-17,19-22,26,28,34H,14-15,18,23-25,27H2,1-4H3/t28-,34+/m0/s1. The maximum atomic E-state index is 12.8. The van der Waals surface area contributed by atoms with Crippen molar-refractivity contribution in [3.63, 3.8) is 0 Å². The van der Waals surface area contributed by atoms with Gasteiger partial charge in [-0.1, -0.05) is 119 Å². The molecule has 4 nitrogen and oxygen atoms in total. The summed E-state index contributed by atoms with van der Waals surface area (Å²) in [5.74, 6) is 0.806. The van der Waals surface area contributed by atoms with Crippen LogP contribution in [0.15, 0.2) is 103 Å². The monoisotopic (exact) mass is 556 g/mol.